The molecule has 3 aromatic rings. The smallest absolute Gasteiger partial charge is 0.116 e. The van der Waals surface area contributed by atoms with Gasteiger partial charge in [-0.2, -0.15) is 0 Å². The first kappa shape index (κ1) is 15.6. The monoisotopic (exact) mass is 304 g/mol. The van der Waals surface area contributed by atoms with Crippen LogP contribution < -0.4 is 0 Å². The molecule has 0 spiro atoms. The molecule has 0 bridgehead atoms. The van der Waals surface area contributed by atoms with E-state index in [0.717, 1.165) is 10.8 Å². The third kappa shape index (κ3) is 3.92. The number of hydrogen-bond donors (Lipinski definition) is 1. The van der Waals surface area contributed by atoms with Gasteiger partial charge in [0.1, 0.15) is 5.75 Å². The van der Waals surface area contributed by atoms with Gasteiger partial charge in [-0.15, -0.1) is 0 Å². The molecule has 0 saturated carbocycles. The van der Waals surface area contributed by atoms with E-state index in [-0.39, 0.29) is 0 Å². The predicted molar refractivity (Wildman–Crippen MR) is 98.9 cm³/mol. The van der Waals surface area contributed by atoms with Gasteiger partial charge in [0.25, 0.3) is 0 Å². The fourth-order valence-electron chi connectivity index (χ4n) is 3.03. The van der Waals surface area contributed by atoms with Crippen molar-refractivity contribution >= 4 is 10.8 Å². The van der Waals surface area contributed by atoms with E-state index in [4.69, 9.17) is 0 Å². The van der Waals surface area contributed by atoms with Crippen LogP contribution in [-0.4, -0.2) is 5.11 Å². The van der Waals surface area contributed by atoms with E-state index in [2.05, 4.69) is 49.4 Å². The van der Waals surface area contributed by atoms with Gasteiger partial charge in [0.2, 0.25) is 0 Å². The Balaban J connectivity index is 1.75. The van der Waals surface area contributed by atoms with Crippen molar-refractivity contribution in [1.29, 1.82) is 0 Å². The molecule has 118 valence electrons. The Morgan fingerprint density at radius 3 is 2.17 bits per heavy atom. The second-order valence-electron chi connectivity index (χ2n) is 6.25. The zero-order valence-electron chi connectivity index (χ0n) is 13.8. The number of phenols is 1. The highest BCUT2D eigenvalue weighted by Gasteiger charge is 2.01. The van der Waals surface area contributed by atoms with Gasteiger partial charge in [-0.3, -0.25) is 0 Å². The Labute approximate surface area is 138 Å². The molecule has 0 amide bonds. The Bertz CT molecular complexity index is 772. The highest BCUT2D eigenvalue weighted by molar-refractivity contribution is 5.88. The molecule has 0 aliphatic heterocycles. The fourth-order valence-corrected chi connectivity index (χ4v) is 3.03. The maximum Gasteiger partial charge on any atom is 0.116 e. The first-order valence-corrected chi connectivity index (χ1v) is 8.58. The van der Waals surface area contributed by atoms with Crippen LogP contribution in [-0.2, 0) is 6.42 Å². The Morgan fingerprint density at radius 1 is 0.696 bits per heavy atom. The highest BCUT2D eigenvalue weighted by atomic mass is 16.3. The van der Waals surface area contributed by atoms with Crippen molar-refractivity contribution in [3.8, 4) is 16.9 Å². The number of aromatic hydroxyl groups is 1. The molecule has 3 aromatic carbocycles. The van der Waals surface area contributed by atoms with Crippen molar-refractivity contribution < 1.29 is 5.11 Å². The second kappa shape index (κ2) is 7.32. The number of phenolic OH excluding ortho intramolecular Hbond substituents is 1. The van der Waals surface area contributed by atoms with Gasteiger partial charge in [0.15, 0.2) is 0 Å². The summed E-state index contributed by atoms with van der Waals surface area (Å²) >= 11 is 0. The van der Waals surface area contributed by atoms with Gasteiger partial charge >= 0.3 is 0 Å². The largest absolute Gasteiger partial charge is 0.508 e. The molecule has 0 aromatic heterocycles. The highest BCUT2D eigenvalue weighted by Crippen LogP contribution is 2.27. The molecule has 0 aliphatic carbocycles. The van der Waals surface area contributed by atoms with E-state index in [9.17, 15) is 5.11 Å². The van der Waals surface area contributed by atoms with Crippen LogP contribution in [0.5, 0.6) is 5.75 Å². The predicted octanol–water partition coefficient (Wildman–Crippen LogP) is 6.34. The minimum atomic E-state index is 0.317. The van der Waals surface area contributed by atoms with Crippen molar-refractivity contribution in [3.63, 3.8) is 0 Å². The number of benzene rings is 3. The Kier molecular flexibility index (Phi) is 4.97. The topological polar surface area (TPSA) is 20.2 Å². The molecule has 1 N–H and O–H groups in total. The number of unbranched alkanes of at least 4 members (excludes halogenated alkanes) is 3. The summed E-state index contributed by atoms with van der Waals surface area (Å²) in [5.41, 5.74) is 3.90. The van der Waals surface area contributed by atoms with Crippen LogP contribution in [0, 0.1) is 0 Å². The first-order chi connectivity index (χ1) is 11.3. The SMILES string of the molecule is CCCCCCc1ccc(-c2ccc3cc(O)ccc3c2)cc1. The van der Waals surface area contributed by atoms with Crippen molar-refractivity contribution in [1.82, 2.24) is 0 Å². The summed E-state index contributed by atoms with van der Waals surface area (Å²) in [6, 6.07) is 20.8. The molecule has 3 rings (SSSR count). The lowest BCUT2D eigenvalue weighted by Crippen LogP contribution is -1.86. The normalized spacial score (nSPS) is 11.0. The summed E-state index contributed by atoms with van der Waals surface area (Å²) < 4.78 is 0. The molecule has 0 unspecified atom stereocenters. The van der Waals surface area contributed by atoms with E-state index < -0.39 is 0 Å². The van der Waals surface area contributed by atoms with Crippen LogP contribution in [0.15, 0.2) is 60.7 Å². The van der Waals surface area contributed by atoms with Gasteiger partial charge in [-0.1, -0.05) is 68.7 Å². The maximum atomic E-state index is 9.55. The van der Waals surface area contributed by atoms with Crippen LogP contribution >= 0.6 is 0 Å². The zero-order valence-corrected chi connectivity index (χ0v) is 13.8. The van der Waals surface area contributed by atoms with E-state index in [0.29, 0.717) is 5.75 Å². The van der Waals surface area contributed by atoms with Crippen molar-refractivity contribution in [2.24, 2.45) is 0 Å². The molecular weight excluding hydrogens is 280 g/mol. The average Bonchev–Trinajstić information content (AvgIpc) is 2.59. The average molecular weight is 304 g/mol. The zero-order chi connectivity index (χ0) is 16.1. The lowest BCUT2D eigenvalue weighted by atomic mass is 9.99. The molecule has 1 heteroatoms. The van der Waals surface area contributed by atoms with Crippen LogP contribution in [0.4, 0.5) is 0 Å². The fraction of sp³-hybridized carbons (Fsp3) is 0.273. The summed E-state index contributed by atoms with van der Waals surface area (Å²) in [5.74, 6) is 0.317. The molecule has 0 saturated heterocycles. The minimum absolute atomic E-state index is 0.317. The van der Waals surface area contributed by atoms with Crippen LogP contribution in [0.2, 0.25) is 0 Å². The molecule has 1 nitrogen and oxygen atoms in total. The third-order valence-electron chi connectivity index (χ3n) is 4.43. The molecule has 0 radical (unpaired) electrons. The van der Waals surface area contributed by atoms with Crippen LogP contribution in [0.3, 0.4) is 0 Å². The summed E-state index contributed by atoms with van der Waals surface area (Å²) in [7, 11) is 0. The van der Waals surface area contributed by atoms with E-state index in [1.165, 1.54) is 48.8 Å². The number of rotatable bonds is 6. The minimum Gasteiger partial charge on any atom is -0.508 e. The van der Waals surface area contributed by atoms with E-state index in [1.54, 1.807) is 12.1 Å². The van der Waals surface area contributed by atoms with Gasteiger partial charge < -0.3 is 5.11 Å². The maximum absolute atomic E-state index is 9.55. The number of hydrogen-bond acceptors (Lipinski definition) is 1. The Hall–Kier alpha value is -2.28. The van der Waals surface area contributed by atoms with Gasteiger partial charge in [-0.25, -0.2) is 0 Å². The molecule has 0 fully saturated rings. The van der Waals surface area contributed by atoms with Crippen molar-refractivity contribution in [3.05, 3.63) is 66.2 Å². The molecular formula is C22H24O. The van der Waals surface area contributed by atoms with Gasteiger partial charge in [0.05, 0.1) is 0 Å². The van der Waals surface area contributed by atoms with Gasteiger partial charge in [0, 0.05) is 0 Å². The standard InChI is InChI=1S/C22H24O/c1-2-3-4-5-6-17-7-9-18(10-8-17)19-11-12-21-16-22(23)14-13-20(21)15-19/h7-16,23H,2-6H2,1H3. The summed E-state index contributed by atoms with van der Waals surface area (Å²) in [6.07, 6.45) is 6.42. The lowest BCUT2D eigenvalue weighted by molar-refractivity contribution is 0.476. The summed E-state index contributed by atoms with van der Waals surface area (Å²) in [5, 5.41) is 11.8. The van der Waals surface area contributed by atoms with Crippen molar-refractivity contribution in [2.75, 3.05) is 0 Å². The molecule has 0 heterocycles. The summed E-state index contributed by atoms with van der Waals surface area (Å²) in [4.78, 5) is 0. The molecule has 0 aliphatic rings. The molecule has 23 heavy (non-hydrogen) atoms. The van der Waals surface area contributed by atoms with Crippen LogP contribution in [0.25, 0.3) is 21.9 Å². The quantitative estimate of drug-likeness (QED) is 0.527. The summed E-state index contributed by atoms with van der Waals surface area (Å²) in [6.45, 7) is 2.25. The van der Waals surface area contributed by atoms with Crippen LogP contribution in [0.1, 0.15) is 38.2 Å². The Morgan fingerprint density at radius 2 is 1.39 bits per heavy atom. The molecule has 0 atom stereocenters. The number of fused-ring (bicyclic) bond motifs is 1. The van der Waals surface area contributed by atoms with Gasteiger partial charge in [-0.05, 0) is 58.5 Å². The van der Waals surface area contributed by atoms with E-state index in [1.807, 2.05) is 6.07 Å². The first-order valence-electron chi connectivity index (χ1n) is 8.58. The second-order valence-corrected chi connectivity index (χ2v) is 6.25. The number of aryl methyl sites for hydroxylation is 1. The van der Waals surface area contributed by atoms with Crippen molar-refractivity contribution in [2.45, 2.75) is 39.0 Å². The third-order valence-corrected chi connectivity index (χ3v) is 4.43. The lowest BCUT2D eigenvalue weighted by Gasteiger charge is -2.07. The van der Waals surface area contributed by atoms with E-state index >= 15 is 0 Å².